The highest BCUT2D eigenvalue weighted by Crippen LogP contribution is 2.36. The third kappa shape index (κ3) is 5.02. The van der Waals surface area contributed by atoms with Crippen molar-refractivity contribution in [2.75, 3.05) is 36.8 Å². The maximum absolute atomic E-state index is 15.9. The number of amides is 1. The first-order valence-corrected chi connectivity index (χ1v) is 13.9. The number of alkyl halides is 1. The van der Waals surface area contributed by atoms with Gasteiger partial charge in [0.05, 0.1) is 0 Å². The largest absolute Gasteiger partial charge is 0.399 e. The average molecular weight is 513 g/mol. The predicted molar refractivity (Wildman–Crippen MR) is 151 cm³/mol. The van der Waals surface area contributed by atoms with E-state index in [0.717, 1.165) is 43.6 Å². The number of carbonyl (C=O) groups excluding carboxylic acids is 1. The number of para-hydroxylation sites is 1. The fourth-order valence-electron chi connectivity index (χ4n) is 6.52. The minimum Gasteiger partial charge on any atom is -0.399 e. The maximum Gasteiger partial charge on any atom is 0.260 e. The van der Waals surface area contributed by atoms with E-state index in [0.29, 0.717) is 32.2 Å². The Labute approximate surface area is 225 Å². The van der Waals surface area contributed by atoms with E-state index in [2.05, 4.69) is 58.3 Å². The van der Waals surface area contributed by atoms with E-state index >= 15 is 4.39 Å². The topological polar surface area (TPSA) is 52.8 Å². The van der Waals surface area contributed by atoms with E-state index in [4.69, 9.17) is 5.73 Å². The van der Waals surface area contributed by atoms with Gasteiger partial charge in [-0.3, -0.25) is 9.69 Å². The van der Waals surface area contributed by atoms with E-state index in [9.17, 15) is 4.79 Å². The van der Waals surface area contributed by atoms with Crippen LogP contribution in [0.4, 0.5) is 15.8 Å². The monoisotopic (exact) mass is 512 g/mol. The summed E-state index contributed by atoms with van der Waals surface area (Å²) in [4.78, 5) is 19.9. The van der Waals surface area contributed by atoms with Crippen LogP contribution in [0.1, 0.15) is 47.9 Å². The second-order valence-corrected chi connectivity index (χ2v) is 11.2. The lowest BCUT2D eigenvalue weighted by Gasteiger charge is -2.43. The van der Waals surface area contributed by atoms with Crippen molar-refractivity contribution < 1.29 is 9.18 Å². The summed E-state index contributed by atoms with van der Waals surface area (Å²) in [5, 5.41) is 0. The van der Waals surface area contributed by atoms with Crippen LogP contribution in [-0.4, -0.2) is 53.6 Å². The molecule has 0 saturated carbocycles. The van der Waals surface area contributed by atoms with Gasteiger partial charge in [0, 0.05) is 69.5 Å². The summed E-state index contributed by atoms with van der Waals surface area (Å²) in [5.41, 5.74) is 11.4. The quantitative estimate of drug-likeness (QED) is 0.490. The number of anilines is 2. The second-order valence-electron chi connectivity index (χ2n) is 11.2. The van der Waals surface area contributed by atoms with Gasteiger partial charge in [0.25, 0.3) is 5.91 Å². The highest BCUT2D eigenvalue weighted by Gasteiger charge is 2.45. The number of hydrogen-bond acceptors (Lipinski definition) is 4. The van der Waals surface area contributed by atoms with Gasteiger partial charge in [0.2, 0.25) is 0 Å². The minimum atomic E-state index is -1.76. The number of rotatable bonds is 4. The van der Waals surface area contributed by atoms with Gasteiger partial charge in [-0.1, -0.05) is 54.6 Å². The summed E-state index contributed by atoms with van der Waals surface area (Å²) in [6.07, 6.45) is 3.17. The SMILES string of the molecule is Nc1cccc(CN2CCC(F)(C(=O)N3CCC(N4Cc5ccccc5Cc5ccccc54)CC3)CC2)c1. The predicted octanol–water partition coefficient (Wildman–Crippen LogP) is 5.17. The summed E-state index contributed by atoms with van der Waals surface area (Å²) in [7, 11) is 0. The van der Waals surface area contributed by atoms with Gasteiger partial charge in [-0.05, 0) is 59.7 Å². The fourth-order valence-corrected chi connectivity index (χ4v) is 6.52. The Kier molecular flexibility index (Phi) is 6.83. The number of benzene rings is 3. The standard InChI is InChI=1S/C32H37FN4O/c33-32(14-18-35(19-15-32)22-24-6-5-10-28(34)20-24)31(38)36-16-12-29(13-17-36)37-23-27-9-2-1-7-25(27)21-26-8-3-4-11-30(26)37/h1-11,20,29H,12-19,21-23,34H2. The number of nitrogens with two attached hydrogens (primary N) is 1. The zero-order valence-electron chi connectivity index (χ0n) is 22.0. The molecule has 2 N–H and O–H groups in total. The number of nitrogens with zero attached hydrogens (tertiary/aromatic N) is 3. The number of hydrogen-bond donors (Lipinski definition) is 1. The van der Waals surface area contributed by atoms with Crippen LogP contribution in [0.2, 0.25) is 0 Å². The van der Waals surface area contributed by atoms with Gasteiger partial charge < -0.3 is 15.5 Å². The van der Waals surface area contributed by atoms with Crippen LogP contribution in [0.5, 0.6) is 0 Å². The van der Waals surface area contributed by atoms with Crippen molar-refractivity contribution in [3.05, 3.63) is 95.1 Å². The second kappa shape index (κ2) is 10.4. The molecule has 5 nitrogen and oxygen atoms in total. The van der Waals surface area contributed by atoms with E-state index in [1.807, 2.05) is 24.3 Å². The van der Waals surface area contributed by atoms with Crippen molar-refractivity contribution in [3.8, 4) is 0 Å². The molecule has 3 heterocycles. The van der Waals surface area contributed by atoms with Crippen LogP contribution >= 0.6 is 0 Å². The molecule has 2 fully saturated rings. The first kappa shape index (κ1) is 24.9. The molecule has 3 aliphatic rings. The number of halogens is 1. The number of piperidine rings is 2. The van der Waals surface area contributed by atoms with Gasteiger partial charge in [-0.15, -0.1) is 0 Å². The zero-order chi connectivity index (χ0) is 26.1. The number of fused-ring (bicyclic) bond motifs is 2. The van der Waals surface area contributed by atoms with Crippen molar-refractivity contribution in [2.45, 2.75) is 56.9 Å². The van der Waals surface area contributed by atoms with Gasteiger partial charge in [0.15, 0.2) is 5.67 Å². The van der Waals surface area contributed by atoms with Crippen molar-refractivity contribution in [1.82, 2.24) is 9.80 Å². The molecule has 0 aromatic heterocycles. The normalized spacial score (nSPS) is 19.9. The molecule has 0 bridgehead atoms. The molecule has 2 saturated heterocycles. The van der Waals surface area contributed by atoms with Crippen molar-refractivity contribution in [2.24, 2.45) is 0 Å². The smallest absolute Gasteiger partial charge is 0.260 e. The molecule has 0 atom stereocenters. The van der Waals surface area contributed by atoms with E-state index < -0.39 is 5.67 Å². The lowest BCUT2D eigenvalue weighted by Crippen LogP contribution is -2.55. The van der Waals surface area contributed by atoms with Crippen LogP contribution in [0.25, 0.3) is 0 Å². The Balaban J connectivity index is 1.08. The van der Waals surface area contributed by atoms with Crippen LogP contribution in [0.15, 0.2) is 72.8 Å². The van der Waals surface area contributed by atoms with Crippen molar-refractivity contribution in [3.63, 3.8) is 0 Å². The molecule has 38 heavy (non-hydrogen) atoms. The summed E-state index contributed by atoms with van der Waals surface area (Å²) in [6, 6.07) is 25.6. The van der Waals surface area contributed by atoms with Crippen LogP contribution in [-0.2, 0) is 24.3 Å². The third-order valence-corrected chi connectivity index (χ3v) is 8.72. The van der Waals surface area contributed by atoms with Crippen LogP contribution in [0, 0.1) is 0 Å². The van der Waals surface area contributed by atoms with E-state index in [1.165, 1.54) is 22.4 Å². The molecular formula is C32H37FN4O. The molecule has 0 aliphatic carbocycles. The Morgan fingerprint density at radius 2 is 1.55 bits per heavy atom. The molecule has 6 rings (SSSR count). The van der Waals surface area contributed by atoms with Crippen LogP contribution < -0.4 is 10.6 Å². The summed E-state index contributed by atoms with van der Waals surface area (Å²) in [5.74, 6) is -0.304. The Bertz CT molecular complexity index is 1290. The molecule has 0 radical (unpaired) electrons. The number of carbonyl (C=O) groups is 1. The highest BCUT2D eigenvalue weighted by molar-refractivity contribution is 5.85. The molecule has 6 heteroatoms. The number of nitrogen functional groups attached to an aromatic ring is 1. The van der Waals surface area contributed by atoms with Crippen LogP contribution in [0.3, 0.4) is 0 Å². The Morgan fingerprint density at radius 1 is 0.868 bits per heavy atom. The van der Waals surface area contributed by atoms with Gasteiger partial charge in [-0.2, -0.15) is 0 Å². The Morgan fingerprint density at radius 3 is 2.29 bits per heavy atom. The average Bonchev–Trinajstić information content (AvgIpc) is 3.11. The maximum atomic E-state index is 15.9. The molecule has 198 valence electrons. The summed E-state index contributed by atoms with van der Waals surface area (Å²) < 4.78 is 15.9. The first-order chi connectivity index (χ1) is 18.5. The Hall–Kier alpha value is -3.38. The third-order valence-electron chi connectivity index (χ3n) is 8.72. The highest BCUT2D eigenvalue weighted by atomic mass is 19.1. The van der Waals surface area contributed by atoms with E-state index in [-0.39, 0.29) is 18.7 Å². The van der Waals surface area contributed by atoms with Crippen molar-refractivity contribution >= 4 is 17.3 Å². The number of likely N-dealkylation sites (tertiary alicyclic amines) is 2. The fraction of sp³-hybridized carbons (Fsp3) is 0.406. The molecule has 3 aromatic carbocycles. The van der Waals surface area contributed by atoms with Gasteiger partial charge in [0.1, 0.15) is 0 Å². The lowest BCUT2D eigenvalue weighted by molar-refractivity contribution is -0.148. The summed E-state index contributed by atoms with van der Waals surface area (Å²) >= 11 is 0. The van der Waals surface area contributed by atoms with Gasteiger partial charge in [-0.25, -0.2) is 4.39 Å². The van der Waals surface area contributed by atoms with Gasteiger partial charge >= 0.3 is 0 Å². The molecule has 0 unspecified atom stereocenters. The molecule has 3 aromatic rings. The zero-order valence-corrected chi connectivity index (χ0v) is 22.0. The summed E-state index contributed by atoms with van der Waals surface area (Å²) in [6.45, 7) is 4.00. The molecular weight excluding hydrogens is 475 g/mol. The van der Waals surface area contributed by atoms with E-state index in [1.54, 1.807) is 4.90 Å². The molecule has 0 spiro atoms. The molecule has 3 aliphatic heterocycles. The first-order valence-electron chi connectivity index (χ1n) is 13.9. The van der Waals surface area contributed by atoms with Crippen molar-refractivity contribution in [1.29, 1.82) is 0 Å². The minimum absolute atomic E-state index is 0.254. The molecule has 1 amide bonds. The lowest BCUT2D eigenvalue weighted by atomic mass is 9.90.